The summed E-state index contributed by atoms with van der Waals surface area (Å²) < 4.78 is 0. The van der Waals surface area contributed by atoms with E-state index in [1.807, 2.05) is 32.0 Å². The zero-order chi connectivity index (χ0) is 15.7. The minimum Gasteiger partial charge on any atom is -0.378 e. The van der Waals surface area contributed by atoms with Crippen LogP contribution in [0.3, 0.4) is 0 Å². The molecule has 0 bridgehead atoms. The van der Waals surface area contributed by atoms with Crippen LogP contribution in [0.15, 0.2) is 29.1 Å². The molecular formula is C17H20N4O. The first-order valence-electron chi connectivity index (χ1n) is 7.48. The first kappa shape index (κ1) is 14.4. The number of anilines is 1. The molecule has 0 spiro atoms. The maximum atomic E-state index is 12.2. The Labute approximate surface area is 128 Å². The maximum Gasteiger partial charge on any atom is 0.253 e. The van der Waals surface area contributed by atoms with Gasteiger partial charge in [0.15, 0.2) is 0 Å². The van der Waals surface area contributed by atoms with Crippen LogP contribution >= 0.6 is 0 Å². The second-order valence-corrected chi connectivity index (χ2v) is 5.56. The molecule has 0 fully saturated rings. The third kappa shape index (κ3) is 2.62. The summed E-state index contributed by atoms with van der Waals surface area (Å²) in [5.74, 6) is 0. The van der Waals surface area contributed by atoms with Crippen molar-refractivity contribution in [1.82, 2.24) is 15.2 Å². The summed E-state index contributed by atoms with van der Waals surface area (Å²) in [6.07, 6.45) is 0.982. The lowest BCUT2D eigenvalue weighted by molar-refractivity contribution is 1.02. The molecule has 1 aromatic carbocycles. The van der Waals surface area contributed by atoms with Gasteiger partial charge in [0.25, 0.3) is 5.56 Å². The molecule has 0 aliphatic heterocycles. The standard InChI is InChI=1S/C17H20N4O/c1-4-12-5-6-15-13(7-12)8-14(17(22)19-15)9-18-16-10(2)20-21-11(16)3/h5-8,18H,4,9H2,1-3H3,(H,19,22)(H,20,21). The SMILES string of the molecule is CCc1ccc2[nH]c(=O)c(CNc3c(C)n[nH]c3C)cc2c1. The smallest absolute Gasteiger partial charge is 0.253 e. The van der Waals surface area contributed by atoms with Gasteiger partial charge in [-0.05, 0) is 49.4 Å². The topological polar surface area (TPSA) is 73.6 Å². The number of hydrogen-bond donors (Lipinski definition) is 3. The van der Waals surface area contributed by atoms with Gasteiger partial charge in [-0.15, -0.1) is 0 Å². The van der Waals surface area contributed by atoms with Crippen molar-refractivity contribution < 1.29 is 0 Å². The van der Waals surface area contributed by atoms with Gasteiger partial charge < -0.3 is 10.3 Å². The Morgan fingerprint density at radius 3 is 2.73 bits per heavy atom. The summed E-state index contributed by atoms with van der Waals surface area (Å²) in [4.78, 5) is 15.1. The molecule has 0 radical (unpaired) electrons. The zero-order valence-electron chi connectivity index (χ0n) is 13.1. The number of nitrogens with zero attached hydrogens (tertiary/aromatic N) is 1. The molecule has 0 saturated carbocycles. The van der Waals surface area contributed by atoms with E-state index in [-0.39, 0.29) is 5.56 Å². The molecule has 3 rings (SSSR count). The van der Waals surface area contributed by atoms with Crippen molar-refractivity contribution in [2.75, 3.05) is 5.32 Å². The summed E-state index contributed by atoms with van der Waals surface area (Å²) in [6.45, 7) is 6.49. The number of benzene rings is 1. The van der Waals surface area contributed by atoms with Gasteiger partial charge in [-0.25, -0.2) is 0 Å². The summed E-state index contributed by atoms with van der Waals surface area (Å²) in [7, 11) is 0. The number of aromatic amines is 2. The zero-order valence-corrected chi connectivity index (χ0v) is 13.1. The van der Waals surface area contributed by atoms with Crippen LogP contribution in [0.5, 0.6) is 0 Å². The summed E-state index contributed by atoms with van der Waals surface area (Å²) in [5.41, 5.74) is 5.65. The molecule has 114 valence electrons. The van der Waals surface area contributed by atoms with Crippen LogP contribution in [-0.2, 0) is 13.0 Å². The molecule has 2 heterocycles. The second kappa shape index (κ2) is 5.67. The van der Waals surface area contributed by atoms with Crippen LogP contribution in [-0.4, -0.2) is 15.2 Å². The normalized spacial score (nSPS) is 11.0. The maximum absolute atomic E-state index is 12.2. The van der Waals surface area contributed by atoms with Gasteiger partial charge >= 0.3 is 0 Å². The van der Waals surface area contributed by atoms with Crippen molar-refractivity contribution in [1.29, 1.82) is 0 Å². The van der Waals surface area contributed by atoms with Gasteiger partial charge in [0.1, 0.15) is 0 Å². The molecule has 2 aromatic heterocycles. The molecule has 0 aliphatic rings. The van der Waals surface area contributed by atoms with E-state index in [0.29, 0.717) is 6.54 Å². The Morgan fingerprint density at radius 1 is 1.23 bits per heavy atom. The highest BCUT2D eigenvalue weighted by molar-refractivity contribution is 5.79. The molecule has 3 aromatic rings. The lowest BCUT2D eigenvalue weighted by atomic mass is 10.1. The van der Waals surface area contributed by atoms with Gasteiger partial charge in [-0.2, -0.15) is 5.10 Å². The van der Waals surface area contributed by atoms with E-state index >= 15 is 0 Å². The molecule has 0 amide bonds. The van der Waals surface area contributed by atoms with Crippen molar-refractivity contribution in [3.05, 3.63) is 57.1 Å². The van der Waals surface area contributed by atoms with Gasteiger partial charge in [0, 0.05) is 17.6 Å². The van der Waals surface area contributed by atoms with Crippen LogP contribution in [0.25, 0.3) is 10.9 Å². The average molecular weight is 296 g/mol. The van der Waals surface area contributed by atoms with Crippen molar-refractivity contribution in [3.63, 3.8) is 0 Å². The predicted octanol–water partition coefficient (Wildman–Crippen LogP) is 3.04. The highest BCUT2D eigenvalue weighted by atomic mass is 16.1. The Morgan fingerprint density at radius 2 is 2.05 bits per heavy atom. The summed E-state index contributed by atoms with van der Waals surface area (Å²) in [6, 6.07) is 8.11. The quantitative estimate of drug-likeness (QED) is 0.693. The van der Waals surface area contributed by atoms with E-state index in [1.54, 1.807) is 0 Å². The first-order valence-corrected chi connectivity index (χ1v) is 7.48. The number of H-pyrrole nitrogens is 2. The van der Waals surface area contributed by atoms with Crippen LogP contribution in [0.1, 0.15) is 29.4 Å². The number of hydrogen-bond acceptors (Lipinski definition) is 3. The van der Waals surface area contributed by atoms with Crippen LogP contribution in [0, 0.1) is 13.8 Å². The van der Waals surface area contributed by atoms with E-state index in [2.05, 4.69) is 33.5 Å². The number of pyridine rings is 1. The molecule has 0 aliphatic carbocycles. The summed E-state index contributed by atoms with van der Waals surface area (Å²) >= 11 is 0. The Kier molecular flexibility index (Phi) is 3.71. The monoisotopic (exact) mass is 296 g/mol. The van der Waals surface area contributed by atoms with Crippen molar-refractivity contribution >= 4 is 16.6 Å². The highest BCUT2D eigenvalue weighted by Crippen LogP contribution is 2.18. The molecule has 0 atom stereocenters. The average Bonchev–Trinajstić information content (AvgIpc) is 2.83. The van der Waals surface area contributed by atoms with Crippen LogP contribution < -0.4 is 10.9 Å². The van der Waals surface area contributed by atoms with E-state index < -0.39 is 0 Å². The Bertz CT molecular complexity index is 856. The van der Waals surface area contributed by atoms with Crippen LogP contribution in [0.2, 0.25) is 0 Å². The lowest BCUT2D eigenvalue weighted by Crippen LogP contribution is -2.16. The third-order valence-corrected chi connectivity index (χ3v) is 3.98. The Hall–Kier alpha value is -2.56. The van der Waals surface area contributed by atoms with E-state index in [4.69, 9.17) is 0 Å². The van der Waals surface area contributed by atoms with E-state index in [1.165, 1.54) is 5.56 Å². The molecule has 0 unspecified atom stereocenters. The highest BCUT2D eigenvalue weighted by Gasteiger charge is 2.08. The predicted molar refractivity (Wildman–Crippen MR) is 89.3 cm³/mol. The molecular weight excluding hydrogens is 276 g/mol. The largest absolute Gasteiger partial charge is 0.378 e. The van der Waals surface area contributed by atoms with Crippen molar-refractivity contribution in [3.8, 4) is 0 Å². The third-order valence-electron chi connectivity index (χ3n) is 3.98. The summed E-state index contributed by atoms with van der Waals surface area (Å²) in [5, 5.41) is 11.4. The van der Waals surface area contributed by atoms with E-state index in [0.717, 1.165) is 40.0 Å². The van der Waals surface area contributed by atoms with Gasteiger partial charge in [-0.1, -0.05) is 13.0 Å². The number of rotatable bonds is 4. The van der Waals surface area contributed by atoms with Crippen molar-refractivity contribution in [2.24, 2.45) is 0 Å². The minimum absolute atomic E-state index is 0.0527. The lowest BCUT2D eigenvalue weighted by Gasteiger charge is -2.08. The fourth-order valence-electron chi connectivity index (χ4n) is 2.65. The number of aryl methyl sites for hydroxylation is 3. The first-order chi connectivity index (χ1) is 10.6. The fourth-order valence-corrected chi connectivity index (χ4v) is 2.65. The number of fused-ring (bicyclic) bond motifs is 1. The molecule has 5 heteroatoms. The molecule has 22 heavy (non-hydrogen) atoms. The van der Waals surface area contributed by atoms with E-state index in [9.17, 15) is 4.79 Å². The molecule has 5 nitrogen and oxygen atoms in total. The van der Waals surface area contributed by atoms with Gasteiger partial charge in [-0.3, -0.25) is 9.89 Å². The van der Waals surface area contributed by atoms with Gasteiger partial charge in [0.2, 0.25) is 0 Å². The fraction of sp³-hybridized carbons (Fsp3) is 0.294. The van der Waals surface area contributed by atoms with Gasteiger partial charge in [0.05, 0.1) is 17.1 Å². The van der Waals surface area contributed by atoms with Crippen molar-refractivity contribution in [2.45, 2.75) is 33.7 Å². The molecule has 3 N–H and O–H groups in total. The Balaban J connectivity index is 1.93. The number of nitrogens with one attached hydrogen (secondary N) is 3. The second-order valence-electron chi connectivity index (χ2n) is 5.56. The van der Waals surface area contributed by atoms with Crippen LogP contribution in [0.4, 0.5) is 5.69 Å². The number of aromatic nitrogens is 3. The minimum atomic E-state index is -0.0527. The molecule has 0 saturated heterocycles.